The van der Waals surface area contributed by atoms with Gasteiger partial charge >= 0.3 is 0 Å². The predicted octanol–water partition coefficient (Wildman–Crippen LogP) is 10.2. The van der Waals surface area contributed by atoms with E-state index in [4.69, 9.17) is 0 Å². The summed E-state index contributed by atoms with van der Waals surface area (Å²) in [5.74, 6) is -3.49. The van der Waals surface area contributed by atoms with Crippen LogP contribution in [0.4, 0.5) is 17.6 Å². The van der Waals surface area contributed by atoms with Gasteiger partial charge in [-0.15, -0.1) is 0 Å². The van der Waals surface area contributed by atoms with Gasteiger partial charge in [0.25, 0.3) is 0 Å². The minimum Gasteiger partial charge on any atom is -0.209 e. The Kier molecular flexibility index (Phi) is 8.66. The molecule has 4 rings (SSSR count). The fourth-order valence-electron chi connectivity index (χ4n) is 5.15. The van der Waals surface area contributed by atoms with Gasteiger partial charge in [0, 0.05) is 23.0 Å². The van der Waals surface area contributed by atoms with Crippen LogP contribution < -0.4 is 0 Å². The standard InChI is InChI=1S/C32H34F4/c1-3-5-6-25-17-18-26(30(34)29(25)33)16-11-22-9-14-24(15-10-22)28-20-19-27(31(35)32(28)36)23-12-7-21(4-2)8-13-23/h7-10,12-15,19-20,25-26H,3-6,11,16-18H2,1-2H3. The third-order valence-electron chi connectivity index (χ3n) is 7.52. The van der Waals surface area contributed by atoms with Gasteiger partial charge in [-0.1, -0.05) is 87.4 Å². The van der Waals surface area contributed by atoms with Gasteiger partial charge in [-0.3, -0.25) is 0 Å². The van der Waals surface area contributed by atoms with Crippen LogP contribution in [-0.4, -0.2) is 0 Å². The highest BCUT2D eigenvalue weighted by Crippen LogP contribution is 2.40. The summed E-state index contributed by atoms with van der Waals surface area (Å²) in [6.07, 6.45) is 6.01. The second-order valence-corrected chi connectivity index (χ2v) is 9.88. The number of hydrogen-bond acceptors (Lipinski definition) is 0. The van der Waals surface area contributed by atoms with Crippen molar-refractivity contribution in [2.75, 3.05) is 0 Å². The number of unbranched alkanes of at least 4 members (excludes halogenated alkanes) is 1. The van der Waals surface area contributed by atoms with Crippen LogP contribution in [0.2, 0.25) is 0 Å². The Hall–Kier alpha value is -2.88. The van der Waals surface area contributed by atoms with Crippen molar-refractivity contribution in [3.05, 3.63) is 95.1 Å². The maximum atomic E-state index is 15.0. The van der Waals surface area contributed by atoms with Crippen LogP contribution in [0.3, 0.4) is 0 Å². The van der Waals surface area contributed by atoms with E-state index in [0.29, 0.717) is 43.2 Å². The Labute approximate surface area is 212 Å². The van der Waals surface area contributed by atoms with Crippen LogP contribution in [0.5, 0.6) is 0 Å². The Morgan fingerprint density at radius 1 is 0.611 bits per heavy atom. The van der Waals surface area contributed by atoms with Gasteiger partial charge in [-0.25, -0.2) is 17.6 Å². The highest BCUT2D eigenvalue weighted by molar-refractivity contribution is 5.72. The molecule has 2 atom stereocenters. The monoisotopic (exact) mass is 494 g/mol. The SMILES string of the molecule is CCCCC1CCC(CCc2ccc(-c3ccc(-c4ccc(CC)cc4)c(F)c3F)cc2)C(F)=C1F. The molecule has 190 valence electrons. The van der Waals surface area contributed by atoms with E-state index in [1.165, 1.54) is 0 Å². The number of rotatable bonds is 9. The molecule has 0 heterocycles. The summed E-state index contributed by atoms with van der Waals surface area (Å²) < 4.78 is 59.0. The number of benzene rings is 3. The number of halogens is 4. The third kappa shape index (κ3) is 5.74. The van der Waals surface area contributed by atoms with Gasteiger partial charge in [0.05, 0.1) is 0 Å². The molecule has 0 N–H and O–H groups in total. The van der Waals surface area contributed by atoms with Gasteiger partial charge in [0.1, 0.15) is 11.7 Å². The first-order valence-electron chi connectivity index (χ1n) is 13.1. The minimum atomic E-state index is -0.873. The topological polar surface area (TPSA) is 0 Å². The van der Waals surface area contributed by atoms with Crippen molar-refractivity contribution >= 4 is 0 Å². The third-order valence-corrected chi connectivity index (χ3v) is 7.52. The van der Waals surface area contributed by atoms with Gasteiger partial charge in [0.15, 0.2) is 11.6 Å². The first-order chi connectivity index (χ1) is 17.4. The average Bonchev–Trinajstić information content (AvgIpc) is 2.91. The van der Waals surface area contributed by atoms with Crippen LogP contribution in [-0.2, 0) is 12.8 Å². The van der Waals surface area contributed by atoms with Gasteiger partial charge < -0.3 is 0 Å². The Balaban J connectivity index is 1.43. The van der Waals surface area contributed by atoms with Crippen LogP contribution in [0.25, 0.3) is 22.3 Å². The van der Waals surface area contributed by atoms with Crippen molar-refractivity contribution in [2.45, 2.75) is 65.2 Å². The molecule has 1 aliphatic rings. The zero-order chi connectivity index (χ0) is 25.7. The number of aryl methyl sites for hydroxylation is 2. The lowest BCUT2D eigenvalue weighted by Crippen LogP contribution is -2.17. The lowest BCUT2D eigenvalue weighted by molar-refractivity contribution is 0.273. The maximum Gasteiger partial charge on any atom is 0.167 e. The molecule has 0 radical (unpaired) electrons. The average molecular weight is 495 g/mol. The second-order valence-electron chi connectivity index (χ2n) is 9.88. The fourth-order valence-corrected chi connectivity index (χ4v) is 5.15. The summed E-state index contributed by atoms with van der Waals surface area (Å²) in [5.41, 5.74) is 3.77. The molecule has 0 amide bonds. The van der Waals surface area contributed by atoms with Crippen LogP contribution >= 0.6 is 0 Å². The molecule has 3 aromatic carbocycles. The normalized spacial score (nSPS) is 18.1. The fraction of sp³-hybridized carbons (Fsp3) is 0.375. The van der Waals surface area contributed by atoms with E-state index in [2.05, 4.69) is 6.92 Å². The van der Waals surface area contributed by atoms with Crippen molar-refractivity contribution in [3.8, 4) is 22.3 Å². The molecule has 0 fully saturated rings. The number of allylic oxidation sites excluding steroid dienone is 2. The molecule has 36 heavy (non-hydrogen) atoms. The van der Waals surface area contributed by atoms with Crippen LogP contribution in [0, 0.1) is 23.5 Å². The lowest BCUT2D eigenvalue weighted by Gasteiger charge is -2.26. The molecule has 0 nitrogen and oxygen atoms in total. The smallest absolute Gasteiger partial charge is 0.167 e. The first kappa shape index (κ1) is 26.2. The van der Waals surface area contributed by atoms with Crippen molar-refractivity contribution in [1.29, 1.82) is 0 Å². The zero-order valence-electron chi connectivity index (χ0n) is 21.1. The molecule has 4 heteroatoms. The van der Waals surface area contributed by atoms with Gasteiger partial charge in [-0.2, -0.15) is 0 Å². The summed E-state index contributed by atoms with van der Waals surface area (Å²) in [6.45, 7) is 4.10. The highest BCUT2D eigenvalue weighted by Gasteiger charge is 2.30. The van der Waals surface area contributed by atoms with Crippen molar-refractivity contribution in [1.82, 2.24) is 0 Å². The summed E-state index contributed by atoms with van der Waals surface area (Å²) in [4.78, 5) is 0. The van der Waals surface area contributed by atoms with E-state index in [-0.39, 0.29) is 23.0 Å². The Morgan fingerprint density at radius 2 is 1.08 bits per heavy atom. The summed E-state index contributed by atoms with van der Waals surface area (Å²) >= 11 is 0. The second kappa shape index (κ2) is 11.9. The number of hydrogen-bond donors (Lipinski definition) is 0. The summed E-state index contributed by atoms with van der Waals surface area (Å²) in [7, 11) is 0. The van der Waals surface area contributed by atoms with Crippen molar-refractivity contribution < 1.29 is 17.6 Å². The van der Waals surface area contributed by atoms with Gasteiger partial charge in [0.2, 0.25) is 0 Å². The van der Waals surface area contributed by atoms with E-state index in [1.807, 2.05) is 43.3 Å². The molecule has 0 bridgehead atoms. The molecular weight excluding hydrogens is 460 g/mol. The van der Waals surface area contributed by atoms with E-state index < -0.39 is 23.3 Å². The zero-order valence-corrected chi connectivity index (χ0v) is 21.1. The molecule has 2 unspecified atom stereocenters. The molecular formula is C32H34F4. The van der Waals surface area contributed by atoms with Crippen LogP contribution in [0.15, 0.2) is 72.3 Å². The Morgan fingerprint density at radius 3 is 1.56 bits per heavy atom. The maximum absolute atomic E-state index is 15.0. The molecule has 0 spiro atoms. The Bertz CT molecular complexity index is 1190. The summed E-state index contributed by atoms with van der Waals surface area (Å²) in [6, 6.07) is 17.9. The van der Waals surface area contributed by atoms with E-state index in [0.717, 1.165) is 30.4 Å². The molecule has 0 saturated heterocycles. The molecule has 0 saturated carbocycles. The molecule has 1 aliphatic carbocycles. The first-order valence-corrected chi connectivity index (χ1v) is 13.1. The van der Waals surface area contributed by atoms with Gasteiger partial charge in [-0.05, 0) is 60.8 Å². The molecule has 0 aromatic heterocycles. The van der Waals surface area contributed by atoms with E-state index in [9.17, 15) is 13.2 Å². The molecule has 0 aliphatic heterocycles. The van der Waals surface area contributed by atoms with Crippen molar-refractivity contribution in [3.63, 3.8) is 0 Å². The van der Waals surface area contributed by atoms with Crippen LogP contribution in [0.1, 0.15) is 63.5 Å². The van der Waals surface area contributed by atoms with E-state index in [1.54, 1.807) is 24.3 Å². The summed E-state index contributed by atoms with van der Waals surface area (Å²) in [5, 5.41) is 0. The minimum absolute atomic E-state index is 0.203. The largest absolute Gasteiger partial charge is 0.209 e. The lowest BCUT2D eigenvalue weighted by atomic mass is 9.81. The predicted molar refractivity (Wildman–Crippen MR) is 140 cm³/mol. The highest BCUT2D eigenvalue weighted by atomic mass is 19.2. The van der Waals surface area contributed by atoms with Crippen molar-refractivity contribution in [2.24, 2.45) is 11.8 Å². The quantitative estimate of drug-likeness (QED) is 0.260. The van der Waals surface area contributed by atoms with E-state index >= 15 is 4.39 Å². The molecule has 3 aromatic rings.